The molecule has 0 nitrogen and oxygen atoms in total. The van der Waals surface area contributed by atoms with Gasteiger partial charge in [-0.25, -0.2) is 0 Å². The minimum absolute atomic E-state index is 1.28. The molecule has 0 N–H and O–H groups in total. The highest BCUT2D eigenvalue weighted by Crippen LogP contribution is 2.37. The predicted molar refractivity (Wildman–Crippen MR) is 103 cm³/mol. The van der Waals surface area contributed by atoms with Crippen molar-refractivity contribution >= 4 is 16.8 Å². The van der Waals surface area contributed by atoms with Crippen molar-refractivity contribution in [2.24, 2.45) is 0 Å². The van der Waals surface area contributed by atoms with Gasteiger partial charge < -0.3 is 0 Å². The molecule has 0 heteroatoms. The van der Waals surface area contributed by atoms with Gasteiger partial charge in [0, 0.05) is 0 Å². The van der Waals surface area contributed by atoms with Crippen LogP contribution in [0.25, 0.3) is 28.0 Å². The first kappa shape index (κ1) is 15.3. The van der Waals surface area contributed by atoms with Crippen LogP contribution in [-0.4, -0.2) is 0 Å². The van der Waals surface area contributed by atoms with Crippen LogP contribution in [-0.2, 0) is 0 Å². The summed E-state index contributed by atoms with van der Waals surface area (Å²) in [5.41, 5.74) is 7.86. The second-order valence-electron chi connectivity index (χ2n) is 6.06. The van der Waals surface area contributed by atoms with E-state index in [9.17, 15) is 0 Å². The van der Waals surface area contributed by atoms with Crippen molar-refractivity contribution in [3.05, 3.63) is 89.5 Å². The lowest BCUT2D eigenvalue weighted by atomic mass is 9.86. The molecule has 114 valence electrons. The topological polar surface area (TPSA) is 0 Å². The van der Waals surface area contributed by atoms with E-state index in [0.29, 0.717) is 0 Å². The van der Waals surface area contributed by atoms with Gasteiger partial charge in [0.2, 0.25) is 0 Å². The maximum atomic E-state index is 3.81. The van der Waals surface area contributed by atoms with Crippen molar-refractivity contribution in [2.75, 3.05) is 0 Å². The van der Waals surface area contributed by atoms with Crippen molar-refractivity contribution in [1.82, 2.24) is 0 Å². The van der Waals surface area contributed by atoms with Crippen molar-refractivity contribution < 1.29 is 0 Å². The molecule has 0 aliphatic carbocycles. The van der Waals surface area contributed by atoms with Gasteiger partial charge >= 0.3 is 0 Å². The third kappa shape index (κ3) is 2.73. The fourth-order valence-corrected chi connectivity index (χ4v) is 3.26. The van der Waals surface area contributed by atoms with E-state index in [2.05, 4.69) is 82.0 Å². The Morgan fingerprint density at radius 3 is 2.17 bits per heavy atom. The van der Waals surface area contributed by atoms with Crippen molar-refractivity contribution in [1.29, 1.82) is 0 Å². The van der Waals surface area contributed by atoms with Gasteiger partial charge in [0.1, 0.15) is 0 Å². The maximum absolute atomic E-state index is 3.81. The number of allylic oxidation sites excluding steroid dienone is 2. The smallest absolute Gasteiger partial charge is 0.00673 e. The minimum Gasteiger partial charge on any atom is -0.0991 e. The van der Waals surface area contributed by atoms with Gasteiger partial charge in [-0.1, -0.05) is 73.3 Å². The molecule has 0 aromatic heterocycles. The number of rotatable bonds is 3. The van der Waals surface area contributed by atoms with Gasteiger partial charge in [0.25, 0.3) is 0 Å². The molecule has 0 bridgehead atoms. The average molecular weight is 298 g/mol. The van der Waals surface area contributed by atoms with E-state index in [1.807, 2.05) is 12.2 Å². The van der Waals surface area contributed by atoms with Crippen LogP contribution in [0.15, 0.2) is 67.3 Å². The van der Waals surface area contributed by atoms with E-state index >= 15 is 0 Å². The molecule has 0 radical (unpaired) electrons. The van der Waals surface area contributed by atoms with E-state index in [1.165, 1.54) is 44.2 Å². The summed E-state index contributed by atoms with van der Waals surface area (Å²) >= 11 is 0. The third-order valence-electron chi connectivity index (χ3n) is 4.46. The molecule has 0 unspecified atom stereocenters. The van der Waals surface area contributed by atoms with Gasteiger partial charge in [-0.15, -0.1) is 0 Å². The van der Waals surface area contributed by atoms with Crippen LogP contribution in [0.3, 0.4) is 0 Å². The summed E-state index contributed by atoms with van der Waals surface area (Å²) < 4.78 is 0. The van der Waals surface area contributed by atoms with Crippen LogP contribution < -0.4 is 0 Å². The molecule has 3 rings (SSSR count). The minimum atomic E-state index is 1.28. The standard InChI is InChI=1S/C23H22/c1-5-6-10-20-16(2)12-13-17(3)22(20)23-18(4)14-15-19-9-7-8-11-21(19)23/h5-15H,1H2,2-4H3/b10-6-. The van der Waals surface area contributed by atoms with Gasteiger partial charge in [-0.3, -0.25) is 0 Å². The Kier molecular flexibility index (Phi) is 4.16. The quantitative estimate of drug-likeness (QED) is 0.476. The molecule has 0 saturated heterocycles. The number of hydrogen-bond donors (Lipinski definition) is 0. The summed E-state index contributed by atoms with van der Waals surface area (Å²) in [5.74, 6) is 0. The lowest BCUT2D eigenvalue weighted by Crippen LogP contribution is -1.95. The normalized spacial score (nSPS) is 11.3. The zero-order chi connectivity index (χ0) is 16.4. The first-order valence-corrected chi connectivity index (χ1v) is 8.01. The Bertz CT molecular complexity index is 911. The van der Waals surface area contributed by atoms with Crippen LogP contribution in [0, 0.1) is 20.8 Å². The third-order valence-corrected chi connectivity index (χ3v) is 4.46. The largest absolute Gasteiger partial charge is 0.0991 e. The highest BCUT2D eigenvalue weighted by Gasteiger charge is 2.14. The van der Waals surface area contributed by atoms with E-state index in [0.717, 1.165) is 0 Å². The summed E-state index contributed by atoms with van der Waals surface area (Å²) in [5, 5.41) is 2.60. The average Bonchev–Trinajstić information content (AvgIpc) is 2.56. The first-order chi connectivity index (χ1) is 11.1. The summed E-state index contributed by atoms with van der Waals surface area (Å²) in [7, 11) is 0. The lowest BCUT2D eigenvalue weighted by molar-refractivity contribution is 1.36. The highest BCUT2D eigenvalue weighted by molar-refractivity contribution is 6.01. The summed E-state index contributed by atoms with van der Waals surface area (Å²) in [6.07, 6.45) is 6.03. The second-order valence-corrected chi connectivity index (χ2v) is 6.06. The van der Waals surface area contributed by atoms with E-state index in [1.54, 1.807) is 0 Å². The molecule has 0 aliphatic rings. The van der Waals surface area contributed by atoms with Crippen LogP contribution in [0.5, 0.6) is 0 Å². The second kappa shape index (κ2) is 6.26. The van der Waals surface area contributed by atoms with Crippen LogP contribution in [0.1, 0.15) is 22.3 Å². The molecule has 0 heterocycles. The molecule has 0 atom stereocenters. The monoisotopic (exact) mass is 298 g/mol. The molecule has 3 aromatic rings. The van der Waals surface area contributed by atoms with E-state index < -0.39 is 0 Å². The SMILES string of the molecule is C=C/C=C\c1c(C)ccc(C)c1-c1c(C)ccc2ccccc12. The zero-order valence-electron chi connectivity index (χ0n) is 14.1. The molecule has 0 saturated carbocycles. The number of fused-ring (bicyclic) bond motifs is 1. The summed E-state index contributed by atoms with van der Waals surface area (Å²) in [4.78, 5) is 0. The molecule has 0 spiro atoms. The molecule has 23 heavy (non-hydrogen) atoms. The van der Waals surface area contributed by atoms with Gasteiger partial charge in [0.15, 0.2) is 0 Å². The number of hydrogen-bond acceptors (Lipinski definition) is 0. The van der Waals surface area contributed by atoms with Crippen molar-refractivity contribution in [3.8, 4) is 11.1 Å². The van der Waals surface area contributed by atoms with Crippen molar-refractivity contribution in [2.45, 2.75) is 20.8 Å². The number of aryl methyl sites for hydroxylation is 3. The maximum Gasteiger partial charge on any atom is -0.00673 e. The Morgan fingerprint density at radius 2 is 1.39 bits per heavy atom. The van der Waals surface area contributed by atoms with Crippen molar-refractivity contribution in [3.63, 3.8) is 0 Å². The molecule has 0 amide bonds. The Balaban J connectivity index is 2.44. The lowest BCUT2D eigenvalue weighted by Gasteiger charge is -2.18. The van der Waals surface area contributed by atoms with Crippen LogP contribution >= 0.6 is 0 Å². The molecular formula is C23H22. The fourth-order valence-electron chi connectivity index (χ4n) is 3.26. The summed E-state index contributed by atoms with van der Waals surface area (Å²) in [6, 6.07) is 17.5. The van der Waals surface area contributed by atoms with Gasteiger partial charge in [-0.05, 0) is 64.9 Å². The van der Waals surface area contributed by atoms with Gasteiger partial charge in [0.05, 0.1) is 0 Å². The number of benzene rings is 3. The Hall–Kier alpha value is -2.60. The fraction of sp³-hybridized carbons (Fsp3) is 0.130. The molecule has 0 aliphatic heterocycles. The zero-order valence-corrected chi connectivity index (χ0v) is 14.1. The first-order valence-electron chi connectivity index (χ1n) is 8.01. The highest BCUT2D eigenvalue weighted by atomic mass is 14.2. The van der Waals surface area contributed by atoms with Gasteiger partial charge in [-0.2, -0.15) is 0 Å². The Morgan fingerprint density at radius 1 is 0.739 bits per heavy atom. The van der Waals surface area contributed by atoms with E-state index in [-0.39, 0.29) is 0 Å². The molecule has 0 fully saturated rings. The predicted octanol–water partition coefficient (Wildman–Crippen LogP) is 6.63. The van der Waals surface area contributed by atoms with Crippen LogP contribution in [0.4, 0.5) is 0 Å². The van der Waals surface area contributed by atoms with Crippen LogP contribution in [0.2, 0.25) is 0 Å². The summed E-state index contributed by atoms with van der Waals surface area (Å²) in [6.45, 7) is 10.4. The van der Waals surface area contributed by atoms with E-state index in [4.69, 9.17) is 0 Å². The molecule has 3 aromatic carbocycles. The molecular weight excluding hydrogens is 276 g/mol. The Labute approximate surface area is 138 Å².